The van der Waals surface area contributed by atoms with Crippen LogP contribution in [-0.2, 0) is 0 Å². The summed E-state index contributed by atoms with van der Waals surface area (Å²) in [6.07, 6.45) is 0.461. The third kappa shape index (κ3) is 5.95. The lowest BCUT2D eigenvalue weighted by Gasteiger charge is -2.33. The first-order valence-electron chi connectivity index (χ1n) is 10.1. The number of amides is 1. The van der Waals surface area contributed by atoms with Gasteiger partial charge in [0, 0.05) is 49.9 Å². The van der Waals surface area contributed by atoms with Gasteiger partial charge in [-0.25, -0.2) is 0 Å². The molecule has 3 rings (SSSR count). The molecule has 156 valence electrons. The Labute approximate surface area is 178 Å². The van der Waals surface area contributed by atoms with Gasteiger partial charge in [0.05, 0.1) is 12.1 Å². The largest absolute Gasteiger partial charge is 0.392 e. The van der Waals surface area contributed by atoms with Crippen LogP contribution in [0.3, 0.4) is 0 Å². The number of likely N-dealkylation sites (tertiary alicyclic amines) is 1. The van der Waals surface area contributed by atoms with Crippen molar-refractivity contribution in [1.29, 1.82) is 0 Å². The van der Waals surface area contributed by atoms with Crippen LogP contribution >= 0.6 is 11.6 Å². The van der Waals surface area contributed by atoms with Gasteiger partial charge >= 0.3 is 0 Å². The predicted molar refractivity (Wildman–Crippen MR) is 119 cm³/mol. The van der Waals surface area contributed by atoms with Crippen molar-refractivity contribution in [2.75, 3.05) is 38.1 Å². The number of halogens is 1. The molecule has 3 atom stereocenters. The number of benzene rings is 2. The van der Waals surface area contributed by atoms with Crippen LogP contribution < -0.4 is 10.2 Å². The molecule has 0 spiro atoms. The lowest BCUT2D eigenvalue weighted by Crippen LogP contribution is -2.36. The molecule has 1 aliphatic rings. The monoisotopic (exact) mass is 415 g/mol. The molecule has 0 bridgehead atoms. The van der Waals surface area contributed by atoms with Crippen LogP contribution in [0.1, 0.15) is 35.3 Å². The quantitative estimate of drug-likeness (QED) is 0.649. The third-order valence-corrected chi connectivity index (χ3v) is 5.72. The SMILES string of the molecule is C[C@H](O)CNC(=O)c1ccc(N(C)C[C@@H](c2ccccc2)N2CC[C@H](Cl)C2)cc1. The van der Waals surface area contributed by atoms with E-state index in [2.05, 4.69) is 46.4 Å². The minimum Gasteiger partial charge on any atom is -0.392 e. The van der Waals surface area contributed by atoms with E-state index >= 15 is 0 Å². The summed E-state index contributed by atoms with van der Waals surface area (Å²) in [4.78, 5) is 16.8. The standard InChI is InChI=1S/C23H30ClN3O2/c1-17(28)14-25-23(29)19-8-10-21(11-9-19)26(2)16-22(18-6-4-3-5-7-18)27-13-12-20(24)15-27/h3-11,17,20,22,28H,12-16H2,1-2H3,(H,25,29)/t17-,20-,22-/m0/s1. The van der Waals surface area contributed by atoms with Crippen molar-refractivity contribution in [2.45, 2.75) is 30.9 Å². The van der Waals surface area contributed by atoms with Gasteiger partial charge in [-0.15, -0.1) is 11.6 Å². The van der Waals surface area contributed by atoms with Crippen LogP contribution in [0.25, 0.3) is 0 Å². The van der Waals surface area contributed by atoms with E-state index in [4.69, 9.17) is 11.6 Å². The van der Waals surface area contributed by atoms with E-state index in [0.717, 1.165) is 31.7 Å². The Hall–Kier alpha value is -2.08. The van der Waals surface area contributed by atoms with Crippen LogP contribution in [0.2, 0.25) is 0 Å². The van der Waals surface area contributed by atoms with Gasteiger partial charge in [0.25, 0.3) is 5.91 Å². The molecular weight excluding hydrogens is 386 g/mol. The van der Waals surface area contributed by atoms with Gasteiger partial charge in [0.15, 0.2) is 0 Å². The van der Waals surface area contributed by atoms with E-state index in [0.29, 0.717) is 5.56 Å². The number of hydrogen-bond acceptors (Lipinski definition) is 4. The summed E-state index contributed by atoms with van der Waals surface area (Å²) >= 11 is 6.38. The maximum absolute atomic E-state index is 12.1. The molecule has 0 aliphatic carbocycles. The molecule has 0 aromatic heterocycles. The van der Waals surface area contributed by atoms with Crippen molar-refractivity contribution in [3.8, 4) is 0 Å². The van der Waals surface area contributed by atoms with Crippen LogP contribution in [-0.4, -0.2) is 60.6 Å². The van der Waals surface area contributed by atoms with Gasteiger partial charge < -0.3 is 15.3 Å². The summed E-state index contributed by atoms with van der Waals surface area (Å²) in [5.74, 6) is -0.174. The molecule has 6 heteroatoms. The summed E-state index contributed by atoms with van der Waals surface area (Å²) in [6.45, 7) is 4.63. The number of hydrogen-bond donors (Lipinski definition) is 2. The van der Waals surface area contributed by atoms with E-state index < -0.39 is 6.10 Å². The third-order valence-electron chi connectivity index (χ3n) is 5.36. The second kappa shape index (κ2) is 10.1. The van der Waals surface area contributed by atoms with E-state index in [-0.39, 0.29) is 23.9 Å². The fourth-order valence-electron chi connectivity index (χ4n) is 3.71. The van der Waals surface area contributed by atoms with Crippen molar-refractivity contribution >= 4 is 23.2 Å². The average Bonchev–Trinajstić information content (AvgIpc) is 3.16. The van der Waals surface area contributed by atoms with Crippen molar-refractivity contribution < 1.29 is 9.90 Å². The van der Waals surface area contributed by atoms with E-state index in [1.165, 1.54) is 5.56 Å². The van der Waals surface area contributed by atoms with Crippen molar-refractivity contribution in [1.82, 2.24) is 10.2 Å². The van der Waals surface area contributed by atoms with Gasteiger partial charge in [-0.1, -0.05) is 30.3 Å². The maximum Gasteiger partial charge on any atom is 0.251 e. The Morgan fingerprint density at radius 1 is 1.24 bits per heavy atom. The number of aliphatic hydroxyl groups excluding tert-OH is 1. The molecule has 2 aromatic carbocycles. The highest BCUT2D eigenvalue weighted by Gasteiger charge is 2.29. The molecule has 1 amide bonds. The number of rotatable bonds is 8. The van der Waals surface area contributed by atoms with Crippen LogP contribution in [0.5, 0.6) is 0 Å². The number of likely N-dealkylation sites (N-methyl/N-ethyl adjacent to an activating group) is 1. The molecule has 2 N–H and O–H groups in total. The van der Waals surface area contributed by atoms with Crippen molar-refractivity contribution in [3.63, 3.8) is 0 Å². The Balaban J connectivity index is 1.69. The molecular formula is C23H30ClN3O2. The minimum atomic E-state index is -0.558. The summed E-state index contributed by atoms with van der Waals surface area (Å²) in [7, 11) is 2.08. The van der Waals surface area contributed by atoms with Crippen molar-refractivity contribution in [2.24, 2.45) is 0 Å². The van der Waals surface area contributed by atoms with Crippen LogP contribution in [0.15, 0.2) is 54.6 Å². The normalized spacial score (nSPS) is 19.0. The second-order valence-corrected chi connectivity index (χ2v) is 8.41. The first-order chi connectivity index (χ1) is 13.9. The number of nitrogens with zero attached hydrogens (tertiary/aromatic N) is 2. The topological polar surface area (TPSA) is 55.8 Å². The maximum atomic E-state index is 12.1. The van der Waals surface area contributed by atoms with Gasteiger partial charge in [0.2, 0.25) is 0 Å². The molecule has 1 saturated heterocycles. The Bertz CT molecular complexity index is 782. The van der Waals surface area contributed by atoms with Gasteiger partial charge in [-0.05, 0) is 43.2 Å². The fraction of sp³-hybridized carbons (Fsp3) is 0.435. The first-order valence-corrected chi connectivity index (χ1v) is 10.6. The second-order valence-electron chi connectivity index (χ2n) is 7.79. The Morgan fingerprint density at radius 3 is 2.52 bits per heavy atom. The van der Waals surface area contributed by atoms with E-state index in [9.17, 15) is 9.90 Å². The summed E-state index contributed by atoms with van der Waals surface area (Å²) in [5, 5.41) is 12.2. The molecule has 0 unspecified atom stereocenters. The molecule has 0 saturated carbocycles. The molecule has 2 aromatic rings. The molecule has 1 heterocycles. The summed E-state index contributed by atoms with van der Waals surface area (Å²) < 4.78 is 0. The van der Waals surface area contributed by atoms with Gasteiger partial charge in [-0.2, -0.15) is 0 Å². The zero-order valence-electron chi connectivity index (χ0n) is 17.1. The predicted octanol–water partition coefficient (Wildman–Crippen LogP) is 3.29. The first kappa shape index (κ1) is 21.6. The highest BCUT2D eigenvalue weighted by molar-refractivity contribution is 6.20. The molecule has 1 fully saturated rings. The molecule has 0 radical (unpaired) electrons. The summed E-state index contributed by atoms with van der Waals surface area (Å²) in [6, 6.07) is 18.4. The number of anilines is 1. The minimum absolute atomic E-state index is 0.174. The number of carbonyl (C=O) groups excluding carboxylic acids is 1. The Morgan fingerprint density at radius 2 is 1.93 bits per heavy atom. The Kier molecular flexibility index (Phi) is 7.53. The zero-order chi connectivity index (χ0) is 20.8. The smallest absolute Gasteiger partial charge is 0.251 e. The van der Waals surface area contributed by atoms with E-state index in [1.807, 2.05) is 30.3 Å². The number of carbonyl (C=O) groups is 1. The van der Waals surface area contributed by atoms with E-state index in [1.54, 1.807) is 6.92 Å². The number of alkyl halides is 1. The lowest BCUT2D eigenvalue weighted by atomic mass is 10.0. The number of aliphatic hydroxyl groups is 1. The number of nitrogens with one attached hydrogen (secondary N) is 1. The molecule has 29 heavy (non-hydrogen) atoms. The highest BCUT2D eigenvalue weighted by atomic mass is 35.5. The van der Waals surface area contributed by atoms with Crippen molar-refractivity contribution in [3.05, 3.63) is 65.7 Å². The highest BCUT2D eigenvalue weighted by Crippen LogP contribution is 2.29. The zero-order valence-corrected chi connectivity index (χ0v) is 17.8. The van der Waals surface area contributed by atoms with Crippen LogP contribution in [0.4, 0.5) is 5.69 Å². The average molecular weight is 416 g/mol. The van der Waals surface area contributed by atoms with Gasteiger partial charge in [-0.3, -0.25) is 9.69 Å². The lowest BCUT2D eigenvalue weighted by molar-refractivity contribution is 0.0924. The molecule has 5 nitrogen and oxygen atoms in total. The van der Waals surface area contributed by atoms with Crippen LogP contribution in [0, 0.1) is 0 Å². The molecule has 1 aliphatic heterocycles. The van der Waals surface area contributed by atoms with Gasteiger partial charge in [0.1, 0.15) is 0 Å². The summed E-state index contributed by atoms with van der Waals surface area (Å²) in [5.41, 5.74) is 2.94. The fourth-order valence-corrected chi connectivity index (χ4v) is 3.98.